The maximum absolute atomic E-state index is 10.6. The molecule has 2 nitrogen and oxygen atoms in total. The van der Waals surface area contributed by atoms with Gasteiger partial charge in [0.05, 0.1) is 25.8 Å². The summed E-state index contributed by atoms with van der Waals surface area (Å²) in [6, 6.07) is 0. The van der Waals surface area contributed by atoms with E-state index in [-0.39, 0.29) is 0 Å². The molecular formula is C4H6O2S2. The van der Waals surface area contributed by atoms with Crippen LogP contribution in [-0.2, 0) is 21.6 Å². The van der Waals surface area contributed by atoms with E-state index in [1.807, 2.05) is 0 Å². The summed E-state index contributed by atoms with van der Waals surface area (Å²) in [5, 5.41) is 0. The predicted molar refractivity (Wildman–Crippen MR) is 35.2 cm³/mol. The molecule has 1 heterocycles. The van der Waals surface area contributed by atoms with E-state index in [0.717, 1.165) is 0 Å². The molecule has 2 atom stereocenters. The van der Waals surface area contributed by atoms with Crippen molar-refractivity contribution in [2.24, 2.45) is 0 Å². The molecule has 1 saturated heterocycles. The summed E-state index contributed by atoms with van der Waals surface area (Å²) in [4.78, 5) is 0. The summed E-state index contributed by atoms with van der Waals surface area (Å²) in [5.74, 6) is 1.07. The summed E-state index contributed by atoms with van der Waals surface area (Å²) in [5.41, 5.74) is 0. The standard InChI is InChI=1S/C4H6O2S2/c1-4-7(5)2-3-8(4)6/h1-3H2/t7-,8-/m0/s1. The van der Waals surface area contributed by atoms with Gasteiger partial charge in [-0.3, -0.25) is 8.42 Å². The quantitative estimate of drug-likeness (QED) is 0.486. The number of hydrogen-bond donors (Lipinski definition) is 0. The molecule has 0 aromatic rings. The first-order valence-electron chi connectivity index (χ1n) is 2.17. The van der Waals surface area contributed by atoms with Crippen LogP contribution in [0.5, 0.6) is 0 Å². The third kappa shape index (κ3) is 0.902. The Bertz CT molecular complexity index is 155. The zero-order chi connectivity index (χ0) is 6.15. The summed E-state index contributed by atoms with van der Waals surface area (Å²) in [7, 11) is -1.98. The first kappa shape index (κ1) is 6.16. The van der Waals surface area contributed by atoms with Crippen LogP contribution >= 0.6 is 0 Å². The fraction of sp³-hybridized carbons (Fsp3) is 0.500. The molecule has 1 rings (SSSR count). The average Bonchev–Trinajstić information content (AvgIpc) is 1.98. The van der Waals surface area contributed by atoms with Gasteiger partial charge in [0, 0.05) is 11.5 Å². The highest BCUT2D eigenvalue weighted by atomic mass is 32.2. The van der Waals surface area contributed by atoms with Crippen molar-refractivity contribution in [2.75, 3.05) is 11.5 Å². The monoisotopic (exact) mass is 150 g/mol. The molecule has 46 valence electrons. The highest BCUT2D eigenvalue weighted by molar-refractivity contribution is 8.11. The number of hydrogen-bond acceptors (Lipinski definition) is 2. The molecule has 4 heteroatoms. The van der Waals surface area contributed by atoms with E-state index in [1.165, 1.54) is 0 Å². The highest BCUT2D eigenvalue weighted by Gasteiger charge is 2.20. The van der Waals surface area contributed by atoms with Crippen molar-refractivity contribution in [3.63, 3.8) is 0 Å². The molecule has 1 aliphatic rings. The fourth-order valence-corrected chi connectivity index (χ4v) is 3.48. The minimum absolute atomic E-state index is 0.407. The summed E-state index contributed by atoms with van der Waals surface area (Å²) in [6.07, 6.45) is 0. The van der Waals surface area contributed by atoms with E-state index in [4.69, 9.17) is 0 Å². The molecule has 0 saturated carbocycles. The van der Waals surface area contributed by atoms with Gasteiger partial charge in [0.2, 0.25) is 0 Å². The third-order valence-corrected chi connectivity index (χ3v) is 4.50. The second-order valence-electron chi connectivity index (χ2n) is 1.47. The Morgan fingerprint density at radius 1 is 1.25 bits per heavy atom. The molecule has 0 aromatic carbocycles. The molecule has 0 bridgehead atoms. The van der Waals surface area contributed by atoms with Crippen molar-refractivity contribution in [1.82, 2.24) is 0 Å². The van der Waals surface area contributed by atoms with Gasteiger partial charge in [-0.1, -0.05) is 6.58 Å². The fourth-order valence-electron chi connectivity index (χ4n) is 0.483. The Morgan fingerprint density at radius 3 is 1.75 bits per heavy atom. The molecule has 1 fully saturated rings. The predicted octanol–water partition coefficient (Wildman–Crippen LogP) is -0.0314. The van der Waals surface area contributed by atoms with Crippen LogP contribution in [0.4, 0.5) is 0 Å². The molecule has 8 heavy (non-hydrogen) atoms. The second-order valence-corrected chi connectivity index (χ2v) is 4.91. The lowest BCUT2D eigenvalue weighted by atomic mass is 11.0. The minimum Gasteiger partial charge on any atom is -0.254 e. The molecule has 0 radical (unpaired) electrons. The van der Waals surface area contributed by atoms with Gasteiger partial charge in [0.1, 0.15) is 0 Å². The maximum Gasteiger partial charge on any atom is 0.0957 e. The summed E-state index contributed by atoms with van der Waals surface area (Å²) >= 11 is 0. The van der Waals surface area contributed by atoms with E-state index < -0.39 is 21.6 Å². The normalized spacial score (nSPS) is 38.2. The largest absolute Gasteiger partial charge is 0.254 e. The lowest BCUT2D eigenvalue weighted by Gasteiger charge is -1.83. The van der Waals surface area contributed by atoms with Crippen LogP contribution in [0.15, 0.2) is 10.8 Å². The van der Waals surface area contributed by atoms with Gasteiger partial charge in [-0.25, -0.2) is 0 Å². The second kappa shape index (κ2) is 2.11. The van der Waals surface area contributed by atoms with Crippen molar-refractivity contribution < 1.29 is 8.42 Å². The molecule has 0 aliphatic carbocycles. The number of rotatable bonds is 0. The van der Waals surface area contributed by atoms with Crippen LogP contribution in [0.1, 0.15) is 0 Å². The highest BCUT2D eigenvalue weighted by Crippen LogP contribution is 2.13. The van der Waals surface area contributed by atoms with Crippen molar-refractivity contribution in [2.45, 2.75) is 0 Å². The summed E-state index contributed by atoms with van der Waals surface area (Å²) in [6.45, 7) is 3.42. The molecule has 0 spiro atoms. The van der Waals surface area contributed by atoms with Gasteiger partial charge in [-0.05, 0) is 0 Å². The zero-order valence-corrected chi connectivity index (χ0v) is 5.89. The van der Waals surface area contributed by atoms with Gasteiger partial charge in [0.15, 0.2) is 0 Å². The molecule has 0 N–H and O–H groups in total. The van der Waals surface area contributed by atoms with Crippen molar-refractivity contribution in [3.05, 3.63) is 10.8 Å². The van der Waals surface area contributed by atoms with Crippen molar-refractivity contribution in [1.29, 1.82) is 0 Å². The molecule has 0 unspecified atom stereocenters. The van der Waals surface area contributed by atoms with Crippen molar-refractivity contribution in [3.8, 4) is 0 Å². The van der Waals surface area contributed by atoms with Gasteiger partial charge < -0.3 is 0 Å². The molecular weight excluding hydrogens is 144 g/mol. The van der Waals surface area contributed by atoms with E-state index in [1.54, 1.807) is 0 Å². The van der Waals surface area contributed by atoms with E-state index >= 15 is 0 Å². The smallest absolute Gasteiger partial charge is 0.0957 e. The van der Waals surface area contributed by atoms with Crippen LogP contribution in [-0.4, -0.2) is 19.9 Å². The van der Waals surface area contributed by atoms with Crippen LogP contribution in [0, 0.1) is 0 Å². The molecule has 1 aliphatic heterocycles. The van der Waals surface area contributed by atoms with E-state index in [9.17, 15) is 8.42 Å². The Morgan fingerprint density at radius 2 is 1.62 bits per heavy atom. The van der Waals surface area contributed by atoms with Crippen LogP contribution in [0.2, 0.25) is 0 Å². The van der Waals surface area contributed by atoms with E-state index in [0.29, 0.717) is 15.7 Å². The third-order valence-electron chi connectivity index (χ3n) is 0.962. The Labute approximate surface area is 52.9 Å². The lowest BCUT2D eigenvalue weighted by molar-refractivity contribution is 0.689. The minimum atomic E-state index is -0.992. The first-order valence-corrected chi connectivity index (χ1v) is 4.81. The zero-order valence-electron chi connectivity index (χ0n) is 4.25. The Balaban J connectivity index is 2.86. The van der Waals surface area contributed by atoms with Gasteiger partial charge >= 0.3 is 0 Å². The average molecular weight is 150 g/mol. The molecule has 0 aromatic heterocycles. The summed E-state index contributed by atoms with van der Waals surface area (Å²) < 4.78 is 21.6. The topological polar surface area (TPSA) is 34.1 Å². The van der Waals surface area contributed by atoms with Gasteiger partial charge in [-0.2, -0.15) is 0 Å². The Hall–Kier alpha value is 0.0400. The van der Waals surface area contributed by atoms with Crippen LogP contribution in [0.25, 0.3) is 0 Å². The first-order chi connectivity index (χ1) is 3.72. The Kier molecular flexibility index (Phi) is 1.62. The van der Waals surface area contributed by atoms with Crippen LogP contribution in [0.3, 0.4) is 0 Å². The SMILES string of the molecule is C=C1[S@@](=O)CC[S@@]1=O. The van der Waals surface area contributed by atoms with Crippen molar-refractivity contribution >= 4 is 21.6 Å². The molecule has 0 amide bonds. The maximum atomic E-state index is 10.6. The van der Waals surface area contributed by atoms with Crippen LogP contribution < -0.4 is 0 Å². The van der Waals surface area contributed by atoms with Gasteiger partial charge in [-0.15, -0.1) is 0 Å². The van der Waals surface area contributed by atoms with E-state index in [2.05, 4.69) is 6.58 Å². The lowest BCUT2D eigenvalue weighted by Crippen LogP contribution is -1.86. The van der Waals surface area contributed by atoms with Gasteiger partial charge in [0.25, 0.3) is 0 Å².